The van der Waals surface area contributed by atoms with Crippen molar-refractivity contribution in [2.45, 2.75) is 26.3 Å². The van der Waals surface area contributed by atoms with Gasteiger partial charge in [0.05, 0.1) is 30.0 Å². The monoisotopic (exact) mass is 212 g/mol. The van der Waals surface area contributed by atoms with E-state index in [0.29, 0.717) is 6.04 Å². The Morgan fingerprint density at radius 3 is 3.14 bits per heavy atom. The first-order valence-electron chi connectivity index (χ1n) is 5.08. The SMILES string of the molecule is CCc1sc(C)nc1C1COCCN1. The number of aromatic nitrogens is 1. The molecule has 14 heavy (non-hydrogen) atoms. The number of thiazole rings is 1. The van der Waals surface area contributed by atoms with Crippen LogP contribution in [0, 0.1) is 6.92 Å². The van der Waals surface area contributed by atoms with Gasteiger partial charge in [0.1, 0.15) is 0 Å². The van der Waals surface area contributed by atoms with Gasteiger partial charge in [0.15, 0.2) is 0 Å². The molecule has 1 aliphatic rings. The van der Waals surface area contributed by atoms with E-state index in [9.17, 15) is 0 Å². The molecule has 0 aromatic carbocycles. The smallest absolute Gasteiger partial charge is 0.0900 e. The molecule has 1 atom stereocenters. The second-order valence-corrected chi connectivity index (χ2v) is 4.76. The van der Waals surface area contributed by atoms with Crippen LogP contribution in [0.4, 0.5) is 0 Å². The minimum atomic E-state index is 0.309. The molecule has 0 spiro atoms. The van der Waals surface area contributed by atoms with Crippen molar-refractivity contribution in [1.82, 2.24) is 10.3 Å². The normalized spacial score (nSPS) is 22.6. The molecule has 78 valence electrons. The molecule has 0 saturated carbocycles. The van der Waals surface area contributed by atoms with Crippen LogP contribution in [0.15, 0.2) is 0 Å². The first-order chi connectivity index (χ1) is 6.81. The van der Waals surface area contributed by atoms with E-state index in [1.807, 2.05) is 0 Å². The van der Waals surface area contributed by atoms with Crippen molar-refractivity contribution in [2.75, 3.05) is 19.8 Å². The largest absolute Gasteiger partial charge is 0.378 e. The fourth-order valence-corrected chi connectivity index (χ4v) is 2.69. The molecule has 0 amide bonds. The summed E-state index contributed by atoms with van der Waals surface area (Å²) in [6.45, 7) is 6.76. The van der Waals surface area contributed by atoms with Gasteiger partial charge in [-0.25, -0.2) is 4.98 Å². The van der Waals surface area contributed by atoms with E-state index in [4.69, 9.17) is 4.74 Å². The molecule has 2 rings (SSSR count). The van der Waals surface area contributed by atoms with Crippen LogP contribution >= 0.6 is 11.3 Å². The van der Waals surface area contributed by atoms with E-state index in [0.717, 1.165) is 31.2 Å². The van der Waals surface area contributed by atoms with Crippen LogP contribution < -0.4 is 5.32 Å². The van der Waals surface area contributed by atoms with Gasteiger partial charge in [0.25, 0.3) is 0 Å². The van der Waals surface area contributed by atoms with E-state index < -0.39 is 0 Å². The van der Waals surface area contributed by atoms with Crippen LogP contribution in [-0.4, -0.2) is 24.7 Å². The van der Waals surface area contributed by atoms with Crippen LogP contribution in [-0.2, 0) is 11.2 Å². The van der Waals surface area contributed by atoms with Gasteiger partial charge in [-0.2, -0.15) is 0 Å². The van der Waals surface area contributed by atoms with Crippen molar-refractivity contribution >= 4 is 11.3 Å². The molecule has 2 heterocycles. The first-order valence-corrected chi connectivity index (χ1v) is 5.90. The quantitative estimate of drug-likeness (QED) is 0.810. The predicted molar refractivity (Wildman–Crippen MR) is 57.8 cm³/mol. The minimum Gasteiger partial charge on any atom is -0.378 e. The highest BCUT2D eigenvalue weighted by atomic mass is 32.1. The predicted octanol–water partition coefficient (Wildman–Crippen LogP) is 1.67. The van der Waals surface area contributed by atoms with Crippen LogP contribution in [0.1, 0.15) is 28.5 Å². The van der Waals surface area contributed by atoms with Crippen molar-refractivity contribution in [1.29, 1.82) is 0 Å². The number of rotatable bonds is 2. The maximum atomic E-state index is 5.45. The van der Waals surface area contributed by atoms with Gasteiger partial charge in [-0.3, -0.25) is 0 Å². The summed E-state index contributed by atoms with van der Waals surface area (Å²) in [5.41, 5.74) is 1.20. The number of aryl methyl sites for hydroxylation is 2. The Morgan fingerprint density at radius 1 is 1.64 bits per heavy atom. The van der Waals surface area contributed by atoms with E-state index in [1.54, 1.807) is 11.3 Å². The second-order valence-electron chi connectivity index (χ2n) is 3.48. The van der Waals surface area contributed by atoms with Crippen LogP contribution in [0.5, 0.6) is 0 Å². The van der Waals surface area contributed by atoms with Crippen molar-refractivity contribution in [3.8, 4) is 0 Å². The summed E-state index contributed by atoms with van der Waals surface area (Å²) in [7, 11) is 0. The molecule has 0 bridgehead atoms. The van der Waals surface area contributed by atoms with Gasteiger partial charge < -0.3 is 10.1 Å². The average molecular weight is 212 g/mol. The average Bonchev–Trinajstić information content (AvgIpc) is 2.61. The molecule has 4 heteroatoms. The fourth-order valence-electron chi connectivity index (χ4n) is 1.75. The summed E-state index contributed by atoms with van der Waals surface area (Å²) < 4.78 is 5.45. The lowest BCUT2D eigenvalue weighted by Crippen LogP contribution is -2.35. The van der Waals surface area contributed by atoms with E-state index in [2.05, 4.69) is 24.1 Å². The molecular weight excluding hydrogens is 196 g/mol. The number of nitrogens with zero attached hydrogens (tertiary/aromatic N) is 1. The first kappa shape index (κ1) is 10.1. The number of morpholine rings is 1. The Balaban J connectivity index is 2.20. The summed E-state index contributed by atoms with van der Waals surface area (Å²) in [4.78, 5) is 5.98. The van der Waals surface area contributed by atoms with Crippen molar-refractivity contribution < 1.29 is 4.74 Å². The van der Waals surface area contributed by atoms with E-state index in [-0.39, 0.29) is 0 Å². The molecular formula is C10H16N2OS. The number of nitrogens with one attached hydrogen (secondary N) is 1. The van der Waals surface area contributed by atoms with Crippen molar-refractivity contribution in [2.24, 2.45) is 0 Å². The molecule has 0 radical (unpaired) electrons. The molecule has 1 aromatic heterocycles. The summed E-state index contributed by atoms with van der Waals surface area (Å²) in [6.07, 6.45) is 1.07. The molecule has 0 aliphatic carbocycles. The zero-order valence-corrected chi connectivity index (χ0v) is 9.49. The Labute approximate surface area is 88.5 Å². The van der Waals surface area contributed by atoms with Crippen molar-refractivity contribution in [3.63, 3.8) is 0 Å². The highest BCUT2D eigenvalue weighted by molar-refractivity contribution is 7.11. The van der Waals surface area contributed by atoms with Gasteiger partial charge >= 0.3 is 0 Å². The molecule has 1 unspecified atom stereocenters. The zero-order chi connectivity index (χ0) is 9.97. The molecule has 1 fully saturated rings. The summed E-state index contributed by atoms with van der Waals surface area (Å²) in [5.74, 6) is 0. The van der Waals surface area contributed by atoms with Gasteiger partial charge in [-0.05, 0) is 13.3 Å². The topological polar surface area (TPSA) is 34.1 Å². The van der Waals surface area contributed by atoms with Gasteiger partial charge in [-0.15, -0.1) is 11.3 Å². The zero-order valence-electron chi connectivity index (χ0n) is 8.67. The van der Waals surface area contributed by atoms with Gasteiger partial charge in [0, 0.05) is 11.4 Å². The lowest BCUT2D eigenvalue weighted by atomic mass is 10.1. The third-order valence-electron chi connectivity index (χ3n) is 2.41. The molecule has 3 nitrogen and oxygen atoms in total. The Bertz CT molecular complexity index is 305. The Morgan fingerprint density at radius 2 is 2.50 bits per heavy atom. The van der Waals surface area contributed by atoms with Gasteiger partial charge in [-0.1, -0.05) is 6.92 Å². The number of ether oxygens (including phenoxy) is 1. The lowest BCUT2D eigenvalue weighted by Gasteiger charge is -2.23. The highest BCUT2D eigenvalue weighted by Gasteiger charge is 2.20. The van der Waals surface area contributed by atoms with Crippen LogP contribution in [0.2, 0.25) is 0 Å². The maximum Gasteiger partial charge on any atom is 0.0900 e. The summed E-state index contributed by atoms with van der Waals surface area (Å²) in [6, 6.07) is 0.309. The van der Waals surface area contributed by atoms with E-state index in [1.165, 1.54) is 10.6 Å². The summed E-state index contributed by atoms with van der Waals surface area (Å²) >= 11 is 1.80. The lowest BCUT2D eigenvalue weighted by molar-refractivity contribution is 0.0755. The van der Waals surface area contributed by atoms with Crippen LogP contribution in [0.25, 0.3) is 0 Å². The molecule has 1 saturated heterocycles. The fraction of sp³-hybridized carbons (Fsp3) is 0.700. The number of hydrogen-bond donors (Lipinski definition) is 1. The maximum absolute atomic E-state index is 5.45. The third kappa shape index (κ3) is 1.97. The molecule has 1 N–H and O–H groups in total. The van der Waals surface area contributed by atoms with Gasteiger partial charge in [0.2, 0.25) is 0 Å². The highest BCUT2D eigenvalue weighted by Crippen LogP contribution is 2.25. The molecule has 1 aromatic rings. The minimum absolute atomic E-state index is 0.309. The molecule has 1 aliphatic heterocycles. The third-order valence-corrected chi connectivity index (χ3v) is 3.54. The second kappa shape index (κ2) is 4.38. The number of hydrogen-bond acceptors (Lipinski definition) is 4. The van der Waals surface area contributed by atoms with Crippen LogP contribution in [0.3, 0.4) is 0 Å². The Hall–Kier alpha value is -0.450. The van der Waals surface area contributed by atoms with E-state index >= 15 is 0 Å². The van der Waals surface area contributed by atoms with Crippen molar-refractivity contribution in [3.05, 3.63) is 15.6 Å². The Kier molecular flexibility index (Phi) is 3.15. The summed E-state index contributed by atoms with van der Waals surface area (Å²) in [5, 5.41) is 4.60. The standard InChI is InChI=1S/C10H16N2OS/c1-3-9-10(12-7(2)14-9)8-6-13-5-4-11-8/h8,11H,3-6H2,1-2H3.